The van der Waals surface area contributed by atoms with Gasteiger partial charge in [0.1, 0.15) is 11.5 Å². The van der Waals surface area contributed by atoms with E-state index >= 15 is 0 Å². The van der Waals surface area contributed by atoms with Crippen molar-refractivity contribution in [2.75, 3.05) is 13.7 Å². The highest BCUT2D eigenvalue weighted by Crippen LogP contribution is 2.35. The maximum Gasteiger partial charge on any atom is 0.252 e. The van der Waals surface area contributed by atoms with Gasteiger partial charge in [0.2, 0.25) is 17.1 Å². The number of fused-ring (bicyclic) bond motifs is 4. The Kier molecular flexibility index (Phi) is 5.98. The van der Waals surface area contributed by atoms with Crippen LogP contribution in [0.3, 0.4) is 0 Å². The molecule has 0 fully saturated rings. The molecule has 1 aliphatic rings. The van der Waals surface area contributed by atoms with E-state index in [9.17, 15) is 19.5 Å². The third-order valence-electron chi connectivity index (χ3n) is 7.46. The topological polar surface area (TPSA) is 129 Å². The summed E-state index contributed by atoms with van der Waals surface area (Å²) in [5.74, 6) is -1.07. The van der Waals surface area contributed by atoms with E-state index in [0.717, 1.165) is 16.6 Å². The van der Waals surface area contributed by atoms with Crippen LogP contribution in [0.2, 0.25) is 0 Å². The molecule has 5 aromatic rings. The number of carbonyl (C=O) groups is 1. The molecule has 0 bridgehead atoms. The van der Waals surface area contributed by atoms with Gasteiger partial charge in [-0.15, -0.1) is 0 Å². The van der Waals surface area contributed by atoms with Crippen molar-refractivity contribution < 1.29 is 19.1 Å². The molecule has 39 heavy (non-hydrogen) atoms. The predicted octanol–water partition coefficient (Wildman–Crippen LogP) is 4.09. The molecule has 198 valence electrons. The third-order valence-corrected chi connectivity index (χ3v) is 7.46. The summed E-state index contributed by atoms with van der Waals surface area (Å²) in [6.45, 7) is 2.49. The molecule has 1 aliphatic heterocycles. The van der Waals surface area contributed by atoms with Crippen molar-refractivity contribution in [3.63, 3.8) is 0 Å². The van der Waals surface area contributed by atoms with Crippen molar-refractivity contribution in [1.29, 1.82) is 0 Å². The fourth-order valence-electron chi connectivity index (χ4n) is 5.50. The number of hydrogen-bond acceptors (Lipinski definition) is 6. The van der Waals surface area contributed by atoms with E-state index < -0.39 is 22.7 Å². The minimum absolute atomic E-state index is 0.107. The van der Waals surface area contributed by atoms with Gasteiger partial charge in [-0.2, -0.15) is 0 Å². The molecule has 1 amide bonds. The molecule has 0 spiro atoms. The molecule has 2 aromatic carbocycles. The molecule has 4 heterocycles. The Bertz CT molecular complexity index is 1870. The quantitative estimate of drug-likeness (QED) is 0.317. The lowest BCUT2D eigenvalue weighted by molar-refractivity contribution is -0.132. The second kappa shape index (κ2) is 9.50. The zero-order chi connectivity index (χ0) is 27.3. The van der Waals surface area contributed by atoms with Crippen molar-refractivity contribution in [2.45, 2.75) is 32.2 Å². The van der Waals surface area contributed by atoms with Crippen LogP contribution >= 0.6 is 0 Å². The summed E-state index contributed by atoms with van der Waals surface area (Å²) in [5.41, 5.74) is 2.93. The second-order valence-corrected chi connectivity index (χ2v) is 9.89. The van der Waals surface area contributed by atoms with Crippen LogP contribution in [0.4, 0.5) is 0 Å². The molecule has 9 nitrogen and oxygen atoms in total. The molecular weight excluding hydrogens is 498 g/mol. The van der Waals surface area contributed by atoms with Gasteiger partial charge in [0.15, 0.2) is 5.76 Å². The van der Waals surface area contributed by atoms with Gasteiger partial charge in [-0.05, 0) is 49.2 Å². The summed E-state index contributed by atoms with van der Waals surface area (Å²) >= 11 is 0. The van der Waals surface area contributed by atoms with Gasteiger partial charge in [0, 0.05) is 52.1 Å². The largest absolute Gasteiger partial charge is 0.502 e. The number of carbonyl (C=O) groups excluding carboxylic acids is 1. The van der Waals surface area contributed by atoms with Gasteiger partial charge < -0.3 is 29.1 Å². The Labute approximate surface area is 222 Å². The Balaban J connectivity index is 1.41. The van der Waals surface area contributed by atoms with Crippen LogP contribution in [-0.4, -0.2) is 39.5 Å². The van der Waals surface area contributed by atoms with Gasteiger partial charge in [-0.25, -0.2) is 0 Å². The molecular formula is C30H27N3O6. The van der Waals surface area contributed by atoms with E-state index in [0.29, 0.717) is 36.2 Å². The number of amides is 1. The molecule has 0 aliphatic carbocycles. The van der Waals surface area contributed by atoms with E-state index in [1.54, 1.807) is 43.2 Å². The highest BCUT2D eigenvalue weighted by Gasteiger charge is 2.32. The van der Waals surface area contributed by atoms with E-state index in [1.165, 1.54) is 11.6 Å². The fraction of sp³-hybridized carbons (Fsp3) is 0.233. The van der Waals surface area contributed by atoms with E-state index in [-0.39, 0.29) is 29.4 Å². The average Bonchev–Trinajstić information content (AvgIpc) is 3.31. The van der Waals surface area contributed by atoms with Crippen molar-refractivity contribution in [3.05, 3.63) is 104 Å². The predicted molar refractivity (Wildman–Crippen MR) is 146 cm³/mol. The number of nitrogens with zero attached hydrogens (tertiary/aromatic N) is 1. The fourth-order valence-corrected chi connectivity index (χ4v) is 5.50. The highest BCUT2D eigenvalue weighted by atomic mass is 16.5. The number of ether oxygens (including phenoxy) is 1. The molecule has 0 saturated carbocycles. The van der Waals surface area contributed by atoms with Crippen LogP contribution < -0.4 is 15.7 Å². The highest BCUT2D eigenvalue weighted by molar-refractivity contribution is 5.86. The van der Waals surface area contributed by atoms with Gasteiger partial charge in [-0.1, -0.05) is 18.2 Å². The first-order valence-electron chi connectivity index (χ1n) is 12.7. The third kappa shape index (κ3) is 4.35. The van der Waals surface area contributed by atoms with Crippen LogP contribution in [0.15, 0.2) is 68.6 Å². The van der Waals surface area contributed by atoms with Crippen molar-refractivity contribution in [2.24, 2.45) is 0 Å². The number of hydrogen-bond donors (Lipinski definition) is 3. The van der Waals surface area contributed by atoms with Crippen molar-refractivity contribution >= 4 is 27.7 Å². The summed E-state index contributed by atoms with van der Waals surface area (Å²) in [6.07, 6.45) is 0.519. The Morgan fingerprint density at radius 3 is 2.74 bits per heavy atom. The van der Waals surface area contributed by atoms with Crippen molar-refractivity contribution in [3.8, 4) is 11.5 Å². The molecule has 3 N–H and O–H groups in total. The lowest BCUT2D eigenvalue weighted by Crippen LogP contribution is -2.37. The average molecular weight is 526 g/mol. The minimum atomic E-state index is -0.992. The van der Waals surface area contributed by atoms with Crippen LogP contribution in [0.5, 0.6) is 11.5 Å². The first kappa shape index (κ1) is 24.5. The monoisotopic (exact) mass is 525 g/mol. The number of para-hydroxylation sites is 1. The molecule has 9 heteroatoms. The maximum atomic E-state index is 13.7. The van der Waals surface area contributed by atoms with Gasteiger partial charge >= 0.3 is 0 Å². The minimum Gasteiger partial charge on any atom is -0.502 e. The summed E-state index contributed by atoms with van der Waals surface area (Å²) in [7, 11) is 1.55. The molecule has 6 rings (SSSR count). The number of H-pyrrole nitrogens is 2. The SMILES string of the molecule is COc1ccc2[nH]c(=O)c([C@H](CC(=O)N3CCc4c([nH]c5ccccc45)C3)c3oc(C)cc(=O)c3O)cc2c1. The van der Waals surface area contributed by atoms with Crippen LogP contribution in [0, 0.1) is 6.92 Å². The summed E-state index contributed by atoms with van der Waals surface area (Å²) in [6, 6.07) is 16.1. The first-order chi connectivity index (χ1) is 18.8. The smallest absolute Gasteiger partial charge is 0.252 e. The van der Waals surface area contributed by atoms with Crippen LogP contribution in [0.25, 0.3) is 21.8 Å². The van der Waals surface area contributed by atoms with Gasteiger partial charge in [0.05, 0.1) is 19.6 Å². The number of aromatic hydroxyl groups is 1. The molecule has 0 unspecified atom stereocenters. The first-order valence-corrected chi connectivity index (χ1v) is 12.7. The summed E-state index contributed by atoms with van der Waals surface area (Å²) < 4.78 is 11.1. The standard InChI is InChI=1S/C30H27N3O6/c1-16-11-26(34)28(36)29(39-16)21(22-13-17-12-18(38-2)7-8-23(17)32-30(22)37)14-27(35)33-10-9-20-19-5-3-4-6-24(19)31-25(20)15-33/h3-8,11-13,21,31,36H,9-10,14-15H2,1-2H3,(H,32,37)/t21-/m0/s1. The maximum absolute atomic E-state index is 13.7. The van der Waals surface area contributed by atoms with Crippen LogP contribution in [0.1, 0.15) is 40.7 Å². The van der Waals surface area contributed by atoms with Crippen molar-refractivity contribution in [1.82, 2.24) is 14.9 Å². The lowest BCUT2D eigenvalue weighted by atomic mass is 9.91. The summed E-state index contributed by atoms with van der Waals surface area (Å²) in [4.78, 5) is 47.5. The van der Waals surface area contributed by atoms with E-state index in [1.807, 2.05) is 18.2 Å². The Morgan fingerprint density at radius 1 is 1.10 bits per heavy atom. The number of pyridine rings is 1. The zero-order valence-electron chi connectivity index (χ0n) is 21.5. The number of aromatic nitrogens is 2. The number of rotatable bonds is 5. The second-order valence-electron chi connectivity index (χ2n) is 9.89. The number of nitrogens with one attached hydrogen (secondary N) is 2. The number of benzene rings is 2. The Morgan fingerprint density at radius 2 is 1.92 bits per heavy atom. The summed E-state index contributed by atoms with van der Waals surface area (Å²) in [5, 5.41) is 12.5. The Hall–Kier alpha value is -4.79. The molecule has 0 saturated heterocycles. The number of aryl methyl sites for hydroxylation is 1. The van der Waals surface area contributed by atoms with Gasteiger partial charge in [-0.3, -0.25) is 14.4 Å². The molecule has 0 radical (unpaired) electrons. The van der Waals surface area contributed by atoms with Crippen LogP contribution in [-0.2, 0) is 17.8 Å². The zero-order valence-corrected chi connectivity index (χ0v) is 21.5. The molecule has 1 atom stereocenters. The lowest BCUT2D eigenvalue weighted by Gasteiger charge is -2.29. The van der Waals surface area contributed by atoms with E-state index in [2.05, 4.69) is 16.0 Å². The normalized spacial score (nSPS) is 13.9. The molecule has 3 aromatic heterocycles. The number of methoxy groups -OCH3 is 1. The number of aromatic amines is 2. The van der Waals surface area contributed by atoms with Gasteiger partial charge in [0.25, 0.3) is 5.56 Å². The van der Waals surface area contributed by atoms with E-state index in [4.69, 9.17) is 9.15 Å².